The van der Waals surface area contributed by atoms with Gasteiger partial charge in [-0.3, -0.25) is 4.18 Å². The van der Waals surface area contributed by atoms with Crippen molar-refractivity contribution in [3.63, 3.8) is 0 Å². The Morgan fingerprint density at radius 1 is 1.29 bits per heavy atom. The molecule has 8 heteroatoms. The highest BCUT2D eigenvalue weighted by Gasteiger charge is 2.41. The number of para-hydroxylation sites is 1. The fourth-order valence-corrected chi connectivity index (χ4v) is 3.96. The van der Waals surface area contributed by atoms with Crippen LogP contribution >= 0.6 is 11.6 Å². The standard InChI is InChI=1S/C16H22ClNO5S/c17-14-6-4-5-12-11-13(7-10-21-24(18,19)20)22-16(23-15(12)14)8-2-1-3-9-16/h4-6,13H,1-3,7-11H2,(H2,18,19,20). The largest absolute Gasteiger partial charge is 0.461 e. The van der Waals surface area contributed by atoms with E-state index in [1.165, 1.54) is 0 Å². The van der Waals surface area contributed by atoms with Crippen molar-refractivity contribution < 1.29 is 22.1 Å². The van der Waals surface area contributed by atoms with E-state index < -0.39 is 16.1 Å². The maximum absolute atomic E-state index is 11.0. The van der Waals surface area contributed by atoms with E-state index in [9.17, 15) is 8.42 Å². The van der Waals surface area contributed by atoms with Crippen LogP contribution in [0, 0.1) is 0 Å². The zero-order chi connectivity index (χ0) is 17.2. The van der Waals surface area contributed by atoms with Crippen LogP contribution in [-0.2, 0) is 25.6 Å². The summed E-state index contributed by atoms with van der Waals surface area (Å²) >= 11 is 6.33. The van der Waals surface area contributed by atoms with Gasteiger partial charge in [0, 0.05) is 19.3 Å². The summed E-state index contributed by atoms with van der Waals surface area (Å²) in [7, 11) is -3.94. The first-order chi connectivity index (χ1) is 11.4. The molecule has 1 atom stereocenters. The smallest absolute Gasteiger partial charge is 0.333 e. The van der Waals surface area contributed by atoms with Gasteiger partial charge in [-0.05, 0) is 30.9 Å². The van der Waals surface area contributed by atoms with Gasteiger partial charge in [0.05, 0.1) is 17.7 Å². The van der Waals surface area contributed by atoms with E-state index in [2.05, 4.69) is 4.18 Å². The maximum Gasteiger partial charge on any atom is 0.333 e. The van der Waals surface area contributed by atoms with Crippen molar-refractivity contribution in [3.05, 3.63) is 28.8 Å². The van der Waals surface area contributed by atoms with E-state index in [1.807, 2.05) is 12.1 Å². The van der Waals surface area contributed by atoms with E-state index >= 15 is 0 Å². The molecule has 134 valence electrons. The molecule has 1 unspecified atom stereocenters. The quantitative estimate of drug-likeness (QED) is 0.874. The van der Waals surface area contributed by atoms with Crippen LogP contribution in [0.4, 0.5) is 0 Å². The molecule has 24 heavy (non-hydrogen) atoms. The first-order valence-electron chi connectivity index (χ1n) is 8.18. The Morgan fingerprint density at radius 3 is 2.75 bits per heavy atom. The van der Waals surface area contributed by atoms with Gasteiger partial charge in [-0.15, -0.1) is 0 Å². The zero-order valence-corrected chi connectivity index (χ0v) is 14.9. The van der Waals surface area contributed by atoms with E-state index in [-0.39, 0.29) is 12.7 Å². The van der Waals surface area contributed by atoms with Crippen molar-refractivity contribution >= 4 is 21.9 Å². The van der Waals surface area contributed by atoms with Gasteiger partial charge in [0.2, 0.25) is 5.79 Å². The third-order valence-electron chi connectivity index (χ3n) is 4.47. The fourth-order valence-electron chi connectivity index (χ4n) is 3.40. The topological polar surface area (TPSA) is 87.9 Å². The molecule has 2 N–H and O–H groups in total. The normalized spacial score (nSPS) is 23.3. The third kappa shape index (κ3) is 4.40. The third-order valence-corrected chi connectivity index (χ3v) is 5.26. The summed E-state index contributed by atoms with van der Waals surface area (Å²) < 4.78 is 39.1. The molecule has 0 saturated heterocycles. The van der Waals surface area contributed by atoms with Gasteiger partial charge in [-0.2, -0.15) is 8.42 Å². The fraction of sp³-hybridized carbons (Fsp3) is 0.625. The van der Waals surface area contributed by atoms with Gasteiger partial charge >= 0.3 is 10.3 Å². The van der Waals surface area contributed by atoms with Crippen molar-refractivity contribution in [3.8, 4) is 5.75 Å². The number of ether oxygens (including phenoxy) is 2. The number of fused-ring (bicyclic) bond motifs is 1. The van der Waals surface area contributed by atoms with Gasteiger partial charge in [-0.1, -0.05) is 30.2 Å². The predicted octanol–water partition coefficient (Wildman–Crippen LogP) is 2.93. The van der Waals surface area contributed by atoms with Gasteiger partial charge in [0.1, 0.15) is 5.75 Å². The van der Waals surface area contributed by atoms with Crippen molar-refractivity contribution in [1.29, 1.82) is 0 Å². The predicted molar refractivity (Wildman–Crippen MR) is 90.1 cm³/mol. The minimum Gasteiger partial charge on any atom is -0.461 e. The van der Waals surface area contributed by atoms with E-state index in [4.69, 9.17) is 26.2 Å². The molecular formula is C16H22ClNO5S. The van der Waals surface area contributed by atoms with Crippen LogP contribution in [0.5, 0.6) is 5.75 Å². The average Bonchev–Trinajstić information content (AvgIpc) is 2.64. The van der Waals surface area contributed by atoms with Crippen LogP contribution in [0.15, 0.2) is 18.2 Å². The average molecular weight is 376 g/mol. The number of benzene rings is 1. The van der Waals surface area contributed by atoms with Gasteiger partial charge in [0.15, 0.2) is 0 Å². The van der Waals surface area contributed by atoms with E-state index in [1.54, 1.807) is 6.07 Å². The molecule has 6 nitrogen and oxygen atoms in total. The number of hydrogen-bond acceptors (Lipinski definition) is 5. The lowest BCUT2D eigenvalue weighted by Crippen LogP contribution is -2.43. The molecular weight excluding hydrogens is 354 g/mol. The molecule has 1 fully saturated rings. The highest BCUT2D eigenvalue weighted by molar-refractivity contribution is 7.84. The molecule has 0 radical (unpaired) electrons. The van der Waals surface area contributed by atoms with Crippen molar-refractivity contribution in [1.82, 2.24) is 0 Å². The van der Waals surface area contributed by atoms with Crippen molar-refractivity contribution in [2.75, 3.05) is 6.61 Å². The van der Waals surface area contributed by atoms with Crippen molar-refractivity contribution in [2.45, 2.75) is 56.8 Å². The first-order valence-corrected chi connectivity index (χ1v) is 10.0. The molecule has 1 aliphatic heterocycles. The Morgan fingerprint density at radius 2 is 2.04 bits per heavy atom. The van der Waals surface area contributed by atoms with Crippen LogP contribution < -0.4 is 9.88 Å². The molecule has 2 aliphatic rings. The van der Waals surface area contributed by atoms with E-state index in [0.29, 0.717) is 23.6 Å². The van der Waals surface area contributed by atoms with Crippen LogP contribution in [0.25, 0.3) is 0 Å². The lowest BCUT2D eigenvalue weighted by molar-refractivity contribution is -0.223. The number of rotatable bonds is 4. The molecule has 1 spiro atoms. The number of nitrogens with two attached hydrogens (primary N) is 1. The lowest BCUT2D eigenvalue weighted by atomic mass is 9.93. The zero-order valence-electron chi connectivity index (χ0n) is 13.4. The first kappa shape index (κ1) is 17.9. The van der Waals surface area contributed by atoms with Crippen LogP contribution in [0.1, 0.15) is 44.1 Å². The molecule has 1 aliphatic carbocycles. The number of halogens is 1. The summed E-state index contributed by atoms with van der Waals surface area (Å²) in [4.78, 5) is 0. The molecule has 0 aromatic heterocycles. The molecule has 1 aromatic carbocycles. The lowest BCUT2D eigenvalue weighted by Gasteiger charge is -2.38. The van der Waals surface area contributed by atoms with Crippen LogP contribution in [0.3, 0.4) is 0 Å². The molecule has 0 amide bonds. The SMILES string of the molecule is NS(=O)(=O)OCCC1Cc2cccc(Cl)c2OC2(CCCCC2)O1. The van der Waals surface area contributed by atoms with Crippen LogP contribution in [-0.4, -0.2) is 26.9 Å². The minimum absolute atomic E-state index is 0.0184. The second kappa shape index (κ2) is 7.17. The maximum atomic E-state index is 11.0. The second-order valence-electron chi connectivity index (χ2n) is 6.35. The van der Waals surface area contributed by atoms with Crippen molar-refractivity contribution in [2.24, 2.45) is 5.14 Å². The monoisotopic (exact) mass is 375 g/mol. The molecule has 1 saturated carbocycles. The Labute approximate surface area is 147 Å². The number of hydrogen-bond donors (Lipinski definition) is 1. The summed E-state index contributed by atoms with van der Waals surface area (Å²) in [5, 5.41) is 5.45. The summed E-state index contributed by atoms with van der Waals surface area (Å²) in [6.07, 6.45) is 5.58. The highest BCUT2D eigenvalue weighted by Crippen LogP contribution is 2.42. The Bertz CT molecular complexity index is 688. The van der Waals surface area contributed by atoms with Crippen LogP contribution in [0.2, 0.25) is 5.02 Å². The molecule has 1 aromatic rings. The molecule has 1 heterocycles. The van der Waals surface area contributed by atoms with Gasteiger partial charge in [0.25, 0.3) is 0 Å². The summed E-state index contributed by atoms with van der Waals surface area (Å²) in [6.45, 7) is -0.0184. The summed E-state index contributed by atoms with van der Waals surface area (Å²) in [6, 6.07) is 5.64. The van der Waals surface area contributed by atoms with Gasteiger partial charge < -0.3 is 9.47 Å². The van der Waals surface area contributed by atoms with E-state index in [0.717, 1.165) is 37.7 Å². The Hall–Kier alpha value is -0.860. The second-order valence-corrected chi connectivity index (χ2v) is 7.98. The summed E-state index contributed by atoms with van der Waals surface area (Å²) in [5.41, 5.74) is 0.963. The highest BCUT2D eigenvalue weighted by atomic mass is 35.5. The minimum atomic E-state index is -3.94. The molecule has 0 bridgehead atoms. The summed E-state index contributed by atoms with van der Waals surface area (Å²) in [5.74, 6) is -0.0169. The molecule has 3 rings (SSSR count). The van der Waals surface area contributed by atoms with Gasteiger partial charge in [-0.25, -0.2) is 5.14 Å². The Kier molecular flexibility index (Phi) is 5.36. The Balaban J connectivity index is 1.82.